The third-order valence-electron chi connectivity index (χ3n) is 7.16. The number of hydrogen-bond donors (Lipinski definition) is 1. The lowest BCUT2D eigenvalue weighted by molar-refractivity contribution is 0.0603. The number of nitrogens with zero attached hydrogens (tertiary/aromatic N) is 2. The van der Waals surface area contributed by atoms with E-state index in [1.165, 1.54) is 29.4 Å². The van der Waals surface area contributed by atoms with Crippen molar-refractivity contribution in [3.63, 3.8) is 0 Å². The monoisotopic (exact) mass is 405 g/mol. The SMILES string of the molecule is COC(=O)N1CCC(CN2CCNCC2)CC1C1c2ccccc2-c2ccccc21. The summed E-state index contributed by atoms with van der Waals surface area (Å²) in [5.74, 6) is 0.816. The van der Waals surface area contributed by atoms with E-state index in [1.54, 1.807) is 0 Å². The summed E-state index contributed by atoms with van der Waals surface area (Å²) in [6.45, 7) is 6.30. The predicted molar refractivity (Wildman–Crippen MR) is 119 cm³/mol. The largest absolute Gasteiger partial charge is 0.453 e. The second-order valence-corrected chi connectivity index (χ2v) is 8.82. The summed E-state index contributed by atoms with van der Waals surface area (Å²) in [5.41, 5.74) is 5.32. The average molecular weight is 406 g/mol. The zero-order chi connectivity index (χ0) is 20.5. The fourth-order valence-electron chi connectivity index (χ4n) is 5.77. The summed E-state index contributed by atoms with van der Waals surface area (Å²) >= 11 is 0. The zero-order valence-corrected chi connectivity index (χ0v) is 17.7. The standard InChI is InChI=1S/C25H31N3O2/c1-30-25(29)28-13-10-18(17-27-14-11-26-12-15-27)16-23(28)24-21-8-4-2-6-19(21)20-7-3-5-9-22(20)24/h2-9,18,23-24,26H,10-17H2,1H3. The molecule has 0 bridgehead atoms. The molecule has 2 fully saturated rings. The third kappa shape index (κ3) is 3.50. The Morgan fingerprint density at radius 3 is 2.27 bits per heavy atom. The number of methoxy groups -OCH3 is 1. The molecule has 0 spiro atoms. The second-order valence-electron chi connectivity index (χ2n) is 8.82. The van der Waals surface area contributed by atoms with Crippen LogP contribution in [0, 0.1) is 5.92 Å². The molecule has 5 nitrogen and oxygen atoms in total. The molecule has 0 radical (unpaired) electrons. The molecule has 2 aliphatic heterocycles. The second kappa shape index (κ2) is 8.40. The van der Waals surface area contributed by atoms with Crippen LogP contribution in [-0.4, -0.2) is 68.3 Å². The number of amides is 1. The van der Waals surface area contributed by atoms with E-state index in [9.17, 15) is 4.79 Å². The maximum absolute atomic E-state index is 12.7. The van der Waals surface area contributed by atoms with Gasteiger partial charge in [-0.15, -0.1) is 0 Å². The van der Waals surface area contributed by atoms with Crippen molar-refractivity contribution in [2.24, 2.45) is 5.92 Å². The molecule has 5 heteroatoms. The molecule has 1 aliphatic carbocycles. The highest BCUT2D eigenvalue weighted by Gasteiger charge is 2.42. The van der Waals surface area contributed by atoms with Gasteiger partial charge in [-0.3, -0.25) is 0 Å². The van der Waals surface area contributed by atoms with Crippen molar-refractivity contribution in [1.82, 2.24) is 15.1 Å². The summed E-state index contributed by atoms with van der Waals surface area (Å²) < 4.78 is 5.21. The maximum Gasteiger partial charge on any atom is 0.409 e. The Labute approximate surface area is 179 Å². The van der Waals surface area contributed by atoms with Gasteiger partial charge in [-0.25, -0.2) is 4.79 Å². The smallest absolute Gasteiger partial charge is 0.409 e. The number of piperidine rings is 1. The van der Waals surface area contributed by atoms with Gasteiger partial charge in [-0.1, -0.05) is 48.5 Å². The van der Waals surface area contributed by atoms with Gasteiger partial charge in [0.2, 0.25) is 0 Å². The van der Waals surface area contributed by atoms with Gasteiger partial charge in [0.1, 0.15) is 0 Å². The van der Waals surface area contributed by atoms with Crippen molar-refractivity contribution in [2.75, 3.05) is 46.4 Å². The normalized spacial score (nSPS) is 24.4. The van der Waals surface area contributed by atoms with Gasteiger partial charge in [0.05, 0.1) is 7.11 Å². The highest BCUT2D eigenvalue weighted by atomic mass is 16.5. The molecule has 0 saturated carbocycles. The number of rotatable bonds is 3. The minimum atomic E-state index is -0.192. The van der Waals surface area contributed by atoms with Gasteiger partial charge in [0.15, 0.2) is 0 Å². The summed E-state index contributed by atoms with van der Waals surface area (Å²) in [6.07, 6.45) is 1.88. The van der Waals surface area contributed by atoms with Crippen molar-refractivity contribution in [2.45, 2.75) is 24.8 Å². The lowest BCUT2D eigenvalue weighted by atomic mass is 9.79. The molecule has 30 heavy (non-hydrogen) atoms. The minimum absolute atomic E-state index is 0.129. The number of likely N-dealkylation sites (tertiary alicyclic amines) is 1. The number of nitrogens with one attached hydrogen (secondary N) is 1. The Balaban J connectivity index is 1.47. The van der Waals surface area contributed by atoms with E-state index in [2.05, 4.69) is 58.7 Å². The van der Waals surface area contributed by atoms with E-state index >= 15 is 0 Å². The third-order valence-corrected chi connectivity index (χ3v) is 7.16. The molecule has 2 unspecified atom stereocenters. The summed E-state index contributed by atoms with van der Waals surface area (Å²) in [5, 5.41) is 3.45. The molecule has 2 atom stereocenters. The predicted octanol–water partition coefficient (Wildman–Crippen LogP) is 3.55. The molecule has 2 saturated heterocycles. The van der Waals surface area contributed by atoms with Crippen molar-refractivity contribution in [3.05, 3.63) is 59.7 Å². The Morgan fingerprint density at radius 1 is 1.00 bits per heavy atom. The lowest BCUT2D eigenvalue weighted by Gasteiger charge is -2.43. The Hall–Kier alpha value is -2.37. The molecule has 1 amide bonds. The van der Waals surface area contributed by atoms with E-state index in [4.69, 9.17) is 4.74 Å². The lowest BCUT2D eigenvalue weighted by Crippen LogP contribution is -2.52. The van der Waals surface area contributed by atoms with Gasteiger partial charge in [0, 0.05) is 51.2 Å². The first-order valence-electron chi connectivity index (χ1n) is 11.2. The minimum Gasteiger partial charge on any atom is -0.453 e. The summed E-state index contributed by atoms with van der Waals surface area (Å²) in [7, 11) is 1.50. The van der Waals surface area contributed by atoms with Crippen LogP contribution in [0.5, 0.6) is 0 Å². The summed E-state index contributed by atoms with van der Waals surface area (Å²) in [6, 6.07) is 17.5. The Bertz CT molecular complexity index is 863. The van der Waals surface area contributed by atoms with Crippen molar-refractivity contribution in [1.29, 1.82) is 0 Å². The number of piperazine rings is 1. The quantitative estimate of drug-likeness (QED) is 0.848. The van der Waals surface area contributed by atoms with Crippen LogP contribution in [0.3, 0.4) is 0 Å². The van der Waals surface area contributed by atoms with E-state index in [1.807, 2.05) is 4.90 Å². The maximum atomic E-state index is 12.7. The molecular formula is C25H31N3O2. The summed E-state index contributed by atoms with van der Waals surface area (Å²) in [4.78, 5) is 17.3. The average Bonchev–Trinajstić information content (AvgIpc) is 3.13. The number of fused-ring (bicyclic) bond motifs is 3. The molecule has 0 aromatic heterocycles. The van der Waals surface area contributed by atoms with Crippen LogP contribution in [0.15, 0.2) is 48.5 Å². The van der Waals surface area contributed by atoms with Crippen molar-refractivity contribution in [3.8, 4) is 11.1 Å². The van der Waals surface area contributed by atoms with Crippen LogP contribution >= 0.6 is 0 Å². The first kappa shape index (κ1) is 19.6. The van der Waals surface area contributed by atoms with Crippen LogP contribution < -0.4 is 5.32 Å². The Kier molecular flexibility index (Phi) is 5.48. The van der Waals surface area contributed by atoms with Crippen LogP contribution in [0.1, 0.15) is 29.9 Å². The van der Waals surface area contributed by atoms with Gasteiger partial charge in [-0.05, 0) is 41.0 Å². The number of benzene rings is 2. The Morgan fingerprint density at radius 2 is 1.63 bits per heavy atom. The van der Waals surface area contributed by atoms with Gasteiger partial charge in [0.25, 0.3) is 0 Å². The number of hydrogen-bond acceptors (Lipinski definition) is 4. The van der Waals surface area contributed by atoms with E-state index in [0.717, 1.165) is 52.1 Å². The fraction of sp³-hybridized carbons (Fsp3) is 0.480. The highest BCUT2D eigenvalue weighted by molar-refractivity contribution is 5.79. The molecular weight excluding hydrogens is 374 g/mol. The first-order chi connectivity index (χ1) is 14.8. The molecule has 1 N–H and O–H groups in total. The van der Waals surface area contributed by atoms with Gasteiger partial charge >= 0.3 is 6.09 Å². The zero-order valence-electron chi connectivity index (χ0n) is 17.7. The van der Waals surface area contributed by atoms with Crippen molar-refractivity contribution < 1.29 is 9.53 Å². The van der Waals surface area contributed by atoms with Crippen LogP contribution in [0.4, 0.5) is 4.79 Å². The van der Waals surface area contributed by atoms with Crippen molar-refractivity contribution >= 4 is 6.09 Å². The molecule has 2 aromatic rings. The topological polar surface area (TPSA) is 44.8 Å². The highest BCUT2D eigenvalue weighted by Crippen LogP contribution is 2.49. The first-order valence-corrected chi connectivity index (χ1v) is 11.2. The molecule has 3 aliphatic rings. The van der Waals surface area contributed by atoms with Gasteiger partial charge in [-0.2, -0.15) is 0 Å². The number of carbonyl (C=O) groups excluding carboxylic acids is 1. The van der Waals surface area contributed by atoms with Crippen LogP contribution in [0.25, 0.3) is 11.1 Å². The molecule has 2 heterocycles. The van der Waals surface area contributed by atoms with E-state index in [0.29, 0.717) is 5.92 Å². The number of ether oxygens (including phenoxy) is 1. The number of carbonyl (C=O) groups is 1. The fourth-order valence-corrected chi connectivity index (χ4v) is 5.77. The van der Waals surface area contributed by atoms with E-state index < -0.39 is 0 Å². The molecule has 2 aromatic carbocycles. The van der Waals surface area contributed by atoms with Crippen LogP contribution in [-0.2, 0) is 4.74 Å². The van der Waals surface area contributed by atoms with E-state index in [-0.39, 0.29) is 18.1 Å². The molecule has 158 valence electrons. The van der Waals surface area contributed by atoms with Gasteiger partial charge < -0.3 is 19.9 Å². The van der Waals surface area contributed by atoms with Crippen LogP contribution in [0.2, 0.25) is 0 Å². The molecule has 5 rings (SSSR count).